The van der Waals surface area contributed by atoms with E-state index in [9.17, 15) is 9.59 Å². The summed E-state index contributed by atoms with van der Waals surface area (Å²) in [5.74, 6) is -0.160. The standard InChI is InChI=1S/C24H18N2O2.ClH/c27-23(17-26-15-14-18-6-4-5-9-21(18)16-26)19-10-12-22(13-11-19)25-24(28)20-7-2-1-3-8-20;/h1-16H,17H2;1H. The highest BCUT2D eigenvalue weighted by Gasteiger charge is 2.13. The molecule has 1 amide bonds. The minimum Gasteiger partial charge on any atom is -1.00 e. The summed E-state index contributed by atoms with van der Waals surface area (Å²) in [6.07, 6.45) is 3.89. The molecule has 5 heteroatoms. The Morgan fingerprint density at radius 2 is 1.38 bits per heavy atom. The molecule has 0 saturated carbocycles. The van der Waals surface area contributed by atoms with Gasteiger partial charge in [-0.1, -0.05) is 36.4 Å². The molecule has 144 valence electrons. The van der Waals surface area contributed by atoms with Gasteiger partial charge >= 0.3 is 0 Å². The van der Waals surface area contributed by atoms with Crippen LogP contribution in [-0.4, -0.2) is 11.7 Å². The van der Waals surface area contributed by atoms with Crippen molar-refractivity contribution in [1.82, 2.24) is 0 Å². The van der Waals surface area contributed by atoms with Gasteiger partial charge in [0.2, 0.25) is 12.3 Å². The number of pyridine rings is 1. The number of hydrogen-bond acceptors (Lipinski definition) is 2. The lowest BCUT2D eigenvalue weighted by molar-refractivity contribution is -0.681. The van der Waals surface area contributed by atoms with Gasteiger partial charge in [-0.15, -0.1) is 0 Å². The van der Waals surface area contributed by atoms with Gasteiger partial charge < -0.3 is 17.7 Å². The number of rotatable bonds is 5. The molecule has 0 radical (unpaired) electrons. The molecule has 0 unspecified atom stereocenters. The summed E-state index contributed by atoms with van der Waals surface area (Å²) in [5.41, 5.74) is 1.86. The van der Waals surface area contributed by atoms with Crippen molar-refractivity contribution in [1.29, 1.82) is 0 Å². The molecule has 29 heavy (non-hydrogen) atoms. The molecule has 1 aromatic heterocycles. The molecule has 4 nitrogen and oxygen atoms in total. The van der Waals surface area contributed by atoms with E-state index in [1.54, 1.807) is 36.4 Å². The fourth-order valence-corrected chi connectivity index (χ4v) is 3.07. The van der Waals surface area contributed by atoms with Crippen LogP contribution in [-0.2, 0) is 6.54 Å². The summed E-state index contributed by atoms with van der Waals surface area (Å²) in [7, 11) is 0. The molecule has 0 fully saturated rings. The number of amides is 1. The van der Waals surface area contributed by atoms with Gasteiger partial charge in [0.1, 0.15) is 0 Å². The number of carbonyl (C=O) groups excluding carboxylic acids is 2. The molecule has 0 atom stereocenters. The maximum atomic E-state index is 12.6. The van der Waals surface area contributed by atoms with Crippen molar-refractivity contribution in [3.8, 4) is 0 Å². The Labute approximate surface area is 175 Å². The van der Waals surface area contributed by atoms with Crippen LogP contribution in [0, 0.1) is 0 Å². The molecule has 1 N–H and O–H groups in total. The van der Waals surface area contributed by atoms with Crippen molar-refractivity contribution < 1.29 is 26.6 Å². The molecule has 1 heterocycles. The van der Waals surface area contributed by atoms with Crippen molar-refractivity contribution in [3.05, 3.63) is 108 Å². The maximum absolute atomic E-state index is 12.6. The Morgan fingerprint density at radius 1 is 0.724 bits per heavy atom. The van der Waals surface area contributed by atoms with Crippen LogP contribution < -0.4 is 22.3 Å². The first-order valence-corrected chi connectivity index (χ1v) is 9.06. The number of Topliss-reactive ketones (excluding diaryl/α,β-unsaturated/α-hetero) is 1. The highest BCUT2D eigenvalue weighted by Crippen LogP contribution is 2.13. The van der Waals surface area contributed by atoms with Crippen molar-refractivity contribution in [3.63, 3.8) is 0 Å². The third-order valence-corrected chi connectivity index (χ3v) is 4.57. The van der Waals surface area contributed by atoms with Gasteiger partial charge in [0.05, 0.1) is 0 Å². The van der Waals surface area contributed by atoms with Crippen molar-refractivity contribution in [2.75, 3.05) is 5.32 Å². The average Bonchev–Trinajstić information content (AvgIpc) is 2.75. The quantitative estimate of drug-likeness (QED) is 0.404. The van der Waals surface area contributed by atoms with Crippen molar-refractivity contribution in [2.24, 2.45) is 0 Å². The molecular formula is C24H19ClN2O2. The van der Waals surface area contributed by atoms with Crippen LogP contribution >= 0.6 is 0 Å². The molecule has 4 rings (SSSR count). The molecule has 3 aromatic carbocycles. The smallest absolute Gasteiger partial charge is 0.255 e. The van der Waals surface area contributed by atoms with Crippen LogP contribution in [0.15, 0.2) is 97.3 Å². The fourth-order valence-electron chi connectivity index (χ4n) is 3.07. The largest absolute Gasteiger partial charge is 1.00 e. The van der Waals surface area contributed by atoms with Gasteiger partial charge in [0, 0.05) is 28.3 Å². The number of hydrogen-bond donors (Lipinski definition) is 1. The SMILES string of the molecule is O=C(C[n+]1ccc2ccccc2c1)c1ccc(NC(=O)c2ccccc2)cc1.[Cl-]. The monoisotopic (exact) mass is 402 g/mol. The van der Waals surface area contributed by atoms with Gasteiger partial charge in [-0.05, 0) is 47.9 Å². The van der Waals surface area contributed by atoms with E-state index >= 15 is 0 Å². The molecule has 0 aliphatic carbocycles. The first kappa shape index (κ1) is 20.2. The van der Waals surface area contributed by atoms with Crippen LogP contribution in [0.4, 0.5) is 5.69 Å². The number of halogens is 1. The highest BCUT2D eigenvalue weighted by atomic mass is 35.5. The minimum atomic E-state index is -0.175. The Balaban J connectivity index is 0.00000240. The molecule has 0 spiro atoms. The zero-order valence-electron chi connectivity index (χ0n) is 15.6. The molecular weight excluding hydrogens is 384 g/mol. The first-order valence-electron chi connectivity index (χ1n) is 9.06. The van der Waals surface area contributed by atoms with E-state index in [4.69, 9.17) is 0 Å². The number of carbonyl (C=O) groups is 2. The molecule has 4 aromatic rings. The Morgan fingerprint density at radius 3 is 2.10 bits per heavy atom. The number of nitrogens with one attached hydrogen (secondary N) is 1. The Hall–Kier alpha value is -3.50. The molecule has 0 aliphatic heterocycles. The summed E-state index contributed by atoms with van der Waals surface area (Å²) < 4.78 is 1.88. The first-order chi connectivity index (χ1) is 13.7. The molecule has 0 saturated heterocycles. The lowest BCUT2D eigenvalue weighted by atomic mass is 10.1. The predicted molar refractivity (Wildman–Crippen MR) is 109 cm³/mol. The van der Waals surface area contributed by atoms with Crippen molar-refractivity contribution >= 4 is 28.2 Å². The van der Waals surface area contributed by atoms with Crippen LogP contribution in [0.2, 0.25) is 0 Å². The normalized spacial score (nSPS) is 10.2. The van der Waals surface area contributed by atoms with Crippen LogP contribution in [0.25, 0.3) is 10.8 Å². The van der Waals surface area contributed by atoms with Crippen molar-refractivity contribution in [2.45, 2.75) is 6.54 Å². The highest BCUT2D eigenvalue weighted by molar-refractivity contribution is 6.04. The average molecular weight is 403 g/mol. The topological polar surface area (TPSA) is 50.0 Å². The third kappa shape index (κ3) is 4.86. The van der Waals surface area contributed by atoms with Crippen LogP contribution in [0.5, 0.6) is 0 Å². The second-order valence-corrected chi connectivity index (χ2v) is 6.57. The van der Waals surface area contributed by atoms with E-state index in [0.29, 0.717) is 16.8 Å². The number of benzene rings is 3. The Bertz CT molecular complexity index is 1140. The lowest BCUT2D eigenvalue weighted by Gasteiger charge is -2.06. The summed E-state index contributed by atoms with van der Waals surface area (Å²) in [4.78, 5) is 24.8. The second kappa shape index (κ2) is 9.13. The van der Waals surface area contributed by atoms with Gasteiger partial charge in [-0.25, -0.2) is 0 Å². The van der Waals surface area contributed by atoms with E-state index in [1.807, 2.05) is 65.5 Å². The maximum Gasteiger partial charge on any atom is 0.255 e. The van der Waals surface area contributed by atoms with E-state index in [1.165, 1.54) is 0 Å². The van der Waals surface area contributed by atoms with E-state index in [-0.39, 0.29) is 30.6 Å². The van der Waals surface area contributed by atoms with E-state index in [2.05, 4.69) is 5.32 Å². The van der Waals surface area contributed by atoms with Crippen LogP contribution in [0.1, 0.15) is 20.7 Å². The van der Waals surface area contributed by atoms with Crippen LogP contribution in [0.3, 0.4) is 0 Å². The third-order valence-electron chi connectivity index (χ3n) is 4.57. The summed E-state index contributed by atoms with van der Waals surface area (Å²) in [5, 5.41) is 5.08. The minimum absolute atomic E-state index is 0. The van der Waals surface area contributed by atoms with Gasteiger partial charge in [-0.3, -0.25) is 9.59 Å². The predicted octanol–water partition coefficient (Wildman–Crippen LogP) is 1.27. The second-order valence-electron chi connectivity index (χ2n) is 6.57. The number of fused-ring (bicyclic) bond motifs is 1. The zero-order valence-corrected chi connectivity index (χ0v) is 16.3. The summed E-state index contributed by atoms with van der Waals surface area (Å²) in [6, 6.07) is 26.1. The fraction of sp³-hybridized carbons (Fsp3) is 0.0417. The van der Waals surface area contributed by atoms with E-state index < -0.39 is 0 Å². The van der Waals surface area contributed by atoms with Gasteiger partial charge in [-0.2, -0.15) is 4.57 Å². The zero-order chi connectivity index (χ0) is 19.3. The number of aromatic nitrogens is 1. The Kier molecular flexibility index (Phi) is 6.37. The number of anilines is 1. The number of nitrogens with zero attached hydrogens (tertiary/aromatic N) is 1. The number of ketones is 1. The van der Waals surface area contributed by atoms with Gasteiger partial charge in [0.15, 0.2) is 12.4 Å². The summed E-state index contributed by atoms with van der Waals surface area (Å²) >= 11 is 0. The lowest BCUT2D eigenvalue weighted by Crippen LogP contribution is -3.00. The van der Waals surface area contributed by atoms with E-state index in [0.717, 1.165) is 10.8 Å². The molecule has 0 bridgehead atoms. The van der Waals surface area contributed by atoms with Gasteiger partial charge in [0.25, 0.3) is 5.91 Å². The summed E-state index contributed by atoms with van der Waals surface area (Å²) in [6.45, 7) is 0.264. The molecule has 0 aliphatic rings.